The van der Waals surface area contributed by atoms with Crippen LogP contribution in [0.1, 0.15) is 23.9 Å². The summed E-state index contributed by atoms with van der Waals surface area (Å²) >= 11 is 1.29. The number of esters is 1. The number of rotatable bonds is 9. The summed E-state index contributed by atoms with van der Waals surface area (Å²) in [5, 5.41) is 9.00. The maximum absolute atomic E-state index is 11.5. The zero-order valence-electron chi connectivity index (χ0n) is 14.8. The van der Waals surface area contributed by atoms with E-state index in [9.17, 15) is 4.79 Å². The van der Waals surface area contributed by atoms with Gasteiger partial charge in [-0.15, -0.1) is 16.8 Å². The van der Waals surface area contributed by atoms with Crippen molar-refractivity contribution in [2.45, 2.75) is 39.1 Å². The molecular formula is C18H23N3O3S. The van der Waals surface area contributed by atoms with E-state index in [0.29, 0.717) is 30.7 Å². The van der Waals surface area contributed by atoms with Crippen molar-refractivity contribution in [3.63, 3.8) is 0 Å². The maximum atomic E-state index is 11.5. The second-order valence-corrected chi connectivity index (χ2v) is 6.32. The molecule has 2 rings (SSSR count). The van der Waals surface area contributed by atoms with E-state index in [4.69, 9.17) is 9.47 Å². The van der Waals surface area contributed by atoms with E-state index in [1.54, 1.807) is 13.0 Å². The average Bonchev–Trinajstić information content (AvgIpc) is 2.97. The molecule has 0 unspecified atom stereocenters. The van der Waals surface area contributed by atoms with Gasteiger partial charge in [-0.3, -0.25) is 9.36 Å². The van der Waals surface area contributed by atoms with Crippen LogP contribution in [0.5, 0.6) is 5.75 Å². The molecule has 0 aliphatic carbocycles. The lowest BCUT2D eigenvalue weighted by atomic mass is 10.1. The Bertz CT molecular complexity index is 743. The molecule has 0 radical (unpaired) electrons. The number of hydrogen-bond acceptors (Lipinski definition) is 6. The van der Waals surface area contributed by atoms with Crippen molar-refractivity contribution in [1.82, 2.24) is 14.8 Å². The van der Waals surface area contributed by atoms with Crippen LogP contribution in [0.25, 0.3) is 0 Å². The smallest absolute Gasteiger partial charge is 0.316 e. The predicted octanol–water partition coefficient (Wildman–Crippen LogP) is 3.32. The van der Waals surface area contributed by atoms with Crippen LogP contribution in [0.4, 0.5) is 0 Å². The van der Waals surface area contributed by atoms with Crippen LogP contribution in [0.2, 0.25) is 0 Å². The van der Waals surface area contributed by atoms with Crippen LogP contribution in [0.3, 0.4) is 0 Å². The van der Waals surface area contributed by atoms with E-state index in [2.05, 4.69) is 16.8 Å². The molecule has 6 nitrogen and oxygen atoms in total. The highest BCUT2D eigenvalue weighted by Crippen LogP contribution is 2.23. The Balaban J connectivity index is 2.08. The number of thioether (sulfide) groups is 1. The van der Waals surface area contributed by atoms with Crippen LogP contribution >= 0.6 is 11.8 Å². The van der Waals surface area contributed by atoms with Crippen molar-refractivity contribution in [3.05, 3.63) is 47.8 Å². The Labute approximate surface area is 152 Å². The fourth-order valence-electron chi connectivity index (χ4n) is 2.19. The van der Waals surface area contributed by atoms with Crippen LogP contribution in [-0.4, -0.2) is 33.1 Å². The van der Waals surface area contributed by atoms with Crippen molar-refractivity contribution in [3.8, 4) is 5.75 Å². The van der Waals surface area contributed by atoms with Crippen LogP contribution in [0, 0.1) is 13.8 Å². The number of carbonyl (C=O) groups excluding carboxylic acids is 1. The molecule has 1 aromatic carbocycles. The van der Waals surface area contributed by atoms with E-state index in [0.717, 1.165) is 11.3 Å². The molecule has 0 N–H and O–H groups in total. The van der Waals surface area contributed by atoms with Gasteiger partial charge in [0.15, 0.2) is 11.0 Å². The molecule has 0 bridgehead atoms. The minimum absolute atomic E-state index is 0.195. The molecule has 134 valence electrons. The SMILES string of the molecule is C=CCn1c(COc2cccc(C)c2C)nnc1SCC(=O)OCC. The number of aromatic nitrogens is 3. The summed E-state index contributed by atoms with van der Waals surface area (Å²) < 4.78 is 12.7. The molecule has 0 atom stereocenters. The monoisotopic (exact) mass is 361 g/mol. The second-order valence-electron chi connectivity index (χ2n) is 5.38. The van der Waals surface area contributed by atoms with Crippen molar-refractivity contribution >= 4 is 17.7 Å². The Morgan fingerprint density at radius 3 is 2.88 bits per heavy atom. The number of carbonyl (C=O) groups is 1. The molecule has 25 heavy (non-hydrogen) atoms. The summed E-state index contributed by atoms with van der Waals surface area (Å²) in [6.07, 6.45) is 1.76. The van der Waals surface area contributed by atoms with Gasteiger partial charge in [0, 0.05) is 6.54 Å². The summed E-state index contributed by atoms with van der Waals surface area (Å²) in [4.78, 5) is 11.5. The number of ether oxygens (including phenoxy) is 2. The van der Waals surface area contributed by atoms with Gasteiger partial charge in [-0.1, -0.05) is 30.0 Å². The Hall–Kier alpha value is -2.28. The van der Waals surface area contributed by atoms with Gasteiger partial charge < -0.3 is 9.47 Å². The van der Waals surface area contributed by atoms with Gasteiger partial charge in [0.25, 0.3) is 0 Å². The highest BCUT2D eigenvalue weighted by atomic mass is 32.2. The molecular weight excluding hydrogens is 338 g/mol. The van der Waals surface area contributed by atoms with Gasteiger partial charge in [0.2, 0.25) is 0 Å². The van der Waals surface area contributed by atoms with E-state index in [1.807, 2.05) is 36.6 Å². The zero-order valence-corrected chi connectivity index (χ0v) is 15.6. The van der Waals surface area contributed by atoms with E-state index >= 15 is 0 Å². The van der Waals surface area contributed by atoms with Crippen LogP contribution in [-0.2, 0) is 22.7 Å². The third-order valence-corrected chi connectivity index (χ3v) is 4.58. The molecule has 1 heterocycles. The van der Waals surface area contributed by atoms with Gasteiger partial charge in [0.05, 0.1) is 12.4 Å². The lowest BCUT2D eigenvalue weighted by Crippen LogP contribution is -2.10. The fraction of sp³-hybridized carbons (Fsp3) is 0.389. The molecule has 0 amide bonds. The quantitative estimate of drug-likeness (QED) is 0.388. The van der Waals surface area contributed by atoms with Crippen molar-refractivity contribution in [2.24, 2.45) is 0 Å². The normalized spacial score (nSPS) is 10.5. The van der Waals surface area contributed by atoms with Crippen molar-refractivity contribution in [1.29, 1.82) is 0 Å². The summed E-state index contributed by atoms with van der Waals surface area (Å²) in [6, 6.07) is 5.95. The molecule has 0 saturated carbocycles. The van der Waals surface area contributed by atoms with Crippen LogP contribution < -0.4 is 4.74 Å². The highest BCUT2D eigenvalue weighted by molar-refractivity contribution is 7.99. The third-order valence-electron chi connectivity index (χ3n) is 3.64. The minimum Gasteiger partial charge on any atom is -0.485 e. The molecule has 0 fully saturated rings. The number of nitrogens with zero attached hydrogens (tertiary/aromatic N) is 3. The molecule has 0 aliphatic heterocycles. The molecule has 1 aromatic heterocycles. The molecule has 0 spiro atoms. The number of hydrogen-bond donors (Lipinski definition) is 0. The van der Waals surface area contributed by atoms with E-state index in [-0.39, 0.29) is 11.7 Å². The zero-order chi connectivity index (χ0) is 18.2. The maximum Gasteiger partial charge on any atom is 0.316 e. The third kappa shape index (κ3) is 5.09. The average molecular weight is 361 g/mol. The molecule has 7 heteroatoms. The van der Waals surface area contributed by atoms with Crippen molar-refractivity contribution in [2.75, 3.05) is 12.4 Å². The first-order valence-corrected chi connectivity index (χ1v) is 9.05. The molecule has 0 saturated heterocycles. The van der Waals surface area contributed by atoms with Gasteiger partial charge >= 0.3 is 5.97 Å². The summed E-state index contributed by atoms with van der Waals surface area (Å²) in [6.45, 7) is 10.8. The summed E-state index contributed by atoms with van der Waals surface area (Å²) in [5.74, 6) is 1.44. The van der Waals surface area contributed by atoms with Crippen LogP contribution in [0.15, 0.2) is 36.0 Å². The topological polar surface area (TPSA) is 66.2 Å². The summed E-state index contributed by atoms with van der Waals surface area (Å²) in [7, 11) is 0. The molecule has 0 aliphatic rings. The van der Waals surface area contributed by atoms with Gasteiger partial charge in [-0.05, 0) is 38.0 Å². The van der Waals surface area contributed by atoms with E-state index in [1.165, 1.54) is 17.3 Å². The van der Waals surface area contributed by atoms with Gasteiger partial charge in [-0.25, -0.2) is 0 Å². The molecule has 2 aromatic rings. The Morgan fingerprint density at radius 2 is 2.16 bits per heavy atom. The number of aryl methyl sites for hydroxylation is 1. The number of benzene rings is 1. The number of allylic oxidation sites excluding steroid dienone is 1. The first-order chi connectivity index (χ1) is 12.1. The summed E-state index contributed by atoms with van der Waals surface area (Å²) in [5.41, 5.74) is 2.28. The lowest BCUT2D eigenvalue weighted by Gasteiger charge is -2.11. The standard InChI is InChI=1S/C18H23N3O3S/c1-5-10-21-16(11-24-15-9-7-8-13(3)14(15)4)19-20-18(21)25-12-17(22)23-6-2/h5,7-9H,1,6,10-12H2,2-4H3. The Morgan fingerprint density at radius 1 is 1.36 bits per heavy atom. The fourth-order valence-corrected chi connectivity index (χ4v) is 2.96. The predicted molar refractivity (Wildman–Crippen MR) is 97.8 cm³/mol. The highest BCUT2D eigenvalue weighted by Gasteiger charge is 2.15. The van der Waals surface area contributed by atoms with Gasteiger partial charge in [-0.2, -0.15) is 0 Å². The Kier molecular flexibility index (Phi) is 7.06. The first-order valence-electron chi connectivity index (χ1n) is 8.07. The minimum atomic E-state index is -0.270. The second kappa shape index (κ2) is 9.27. The first kappa shape index (κ1) is 19.1. The largest absolute Gasteiger partial charge is 0.485 e. The van der Waals surface area contributed by atoms with Crippen molar-refractivity contribution < 1.29 is 14.3 Å². The van der Waals surface area contributed by atoms with Gasteiger partial charge in [0.1, 0.15) is 12.4 Å². The van der Waals surface area contributed by atoms with E-state index < -0.39 is 0 Å². The lowest BCUT2D eigenvalue weighted by molar-refractivity contribution is -0.139.